The molecule has 2 heteroatoms. The molecule has 0 radical (unpaired) electrons. The van der Waals surface area contributed by atoms with Crippen molar-refractivity contribution in [1.82, 2.24) is 10.2 Å². The summed E-state index contributed by atoms with van der Waals surface area (Å²) in [6, 6.07) is 11.4. The molecule has 1 aromatic rings. The van der Waals surface area contributed by atoms with Crippen LogP contribution in [0.3, 0.4) is 0 Å². The topological polar surface area (TPSA) is 15.3 Å². The van der Waals surface area contributed by atoms with Gasteiger partial charge in [-0.3, -0.25) is 4.90 Å². The molecular weight excluding hydrogens is 220 g/mol. The maximum Gasteiger partial charge on any atom is 0.0478 e. The molecule has 1 heterocycles. The van der Waals surface area contributed by atoms with Crippen molar-refractivity contribution in [1.29, 1.82) is 0 Å². The molecule has 1 aliphatic heterocycles. The summed E-state index contributed by atoms with van der Waals surface area (Å²) < 4.78 is 0. The third-order valence-corrected chi connectivity index (χ3v) is 4.07. The van der Waals surface area contributed by atoms with Gasteiger partial charge in [0.2, 0.25) is 0 Å². The number of rotatable bonds is 4. The van der Waals surface area contributed by atoms with Gasteiger partial charge in [0.25, 0.3) is 0 Å². The van der Waals surface area contributed by atoms with Crippen LogP contribution in [0.4, 0.5) is 0 Å². The van der Waals surface area contributed by atoms with E-state index in [9.17, 15) is 0 Å². The number of hydrogen-bond acceptors (Lipinski definition) is 2. The molecule has 1 unspecified atom stereocenters. The highest BCUT2D eigenvalue weighted by molar-refractivity contribution is 5.20. The summed E-state index contributed by atoms with van der Waals surface area (Å²) in [6.45, 7) is 10.4. The van der Waals surface area contributed by atoms with Gasteiger partial charge in [-0.2, -0.15) is 0 Å². The summed E-state index contributed by atoms with van der Waals surface area (Å²) in [4.78, 5) is 2.68. The molecule has 0 saturated carbocycles. The second-order valence-electron chi connectivity index (χ2n) is 5.89. The van der Waals surface area contributed by atoms with Crippen molar-refractivity contribution in [3.8, 4) is 0 Å². The zero-order valence-corrected chi connectivity index (χ0v) is 11.9. The number of nitrogens with zero attached hydrogens (tertiary/aromatic N) is 1. The molecule has 1 N–H and O–H groups in total. The molecule has 1 aromatic carbocycles. The fraction of sp³-hybridized carbons (Fsp3) is 0.625. The molecule has 1 atom stereocenters. The van der Waals surface area contributed by atoms with Crippen LogP contribution in [0, 0.1) is 0 Å². The Morgan fingerprint density at radius 3 is 2.67 bits per heavy atom. The molecule has 0 amide bonds. The largest absolute Gasteiger partial charge is 0.314 e. The molecule has 2 nitrogen and oxygen atoms in total. The lowest BCUT2D eigenvalue weighted by Gasteiger charge is -2.47. The Balaban J connectivity index is 2.21. The molecule has 1 saturated heterocycles. The van der Waals surface area contributed by atoms with Gasteiger partial charge >= 0.3 is 0 Å². The van der Waals surface area contributed by atoms with Crippen molar-refractivity contribution in [3.05, 3.63) is 35.9 Å². The van der Waals surface area contributed by atoms with Crippen LogP contribution in [0.1, 0.15) is 45.2 Å². The lowest BCUT2D eigenvalue weighted by Crippen LogP contribution is -2.54. The summed E-state index contributed by atoms with van der Waals surface area (Å²) in [6.07, 6.45) is 2.51. The normalized spacial score (nSPS) is 22.1. The van der Waals surface area contributed by atoms with Gasteiger partial charge in [0.05, 0.1) is 0 Å². The summed E-state index contributed by atoms with van der Waals surface area (Å²) in [7, 11) is 0. The van der Waals surface area contributed by atoms with Crippen LogP contribution < -0.4 is 5.32 Å². The fourth-order valence-corrected chi connectivity index (χ4v) is 3.16. The van der Waals surface area contributed by atoms with Gasteiger partial charge in [0.15, 0.2) is 0 Å². The summed E-state index contributed by atoms with van der Waals surface area (Å²) >= 11 is 0. The highest BCUT2D eigenvalue weighted by atomic mass is 15.3. The second-order valence-corrected chi connectivity index (χ2v) is 5.89. The van der Waals surface area contributed by atoms with Gasteiger partial charge in [0.1, 0.15) is 0 Å². The van der Waals surface area contributed by atoms with Gasteiger partial charge in [-0.25, -0.2) is 0 Å². The maximum absolute atomic E-state index is 3.54. The third-order valence-electron chi connectivity index (χ3n) is 4.07. The molecule has 18 heavy (non-hydrogen) atoms. The van der Waals surface area contributed by atoms with Crippen LogP contribution in [0.15, 0.2) is 30.3 Å². The first-order chi connectivity index (χ1) is 8.65. The van der Waals surface area contributed by atoms with E-state index in [4.69, 9.17) is 0 Å². The van der Waals surface area contributed by atoms with Crippen molar-refractivity contribution in [2.75, 3.05) is 19.6 Å². The highest BCUT2D eigenvalue weighted by Crippen LogP contribution is 2.32. The van der Waals surface area contributed by atoms with Crippen molar-refractivity contribution < 1.29 is 0 Å². The average Bonchev–Trinajstić information content (AvgIpc) is 2.40. The first kappa shape index (κ1) is 13.6. The molecule has 0 aliphatic carbocycles. The first-order valence-corrected chi connectivity index (χ1v) is 7.17. The van der Waals surface area contributed by atoms with Crippen molar-refractivity contribution in [2.24, 2.45) is 0 Å². The molecule has 2 rings (SSSR count). The minimum atomic E-state index is 0.289. The van der Waals surface area contributed by atoms with E-state index in [0.29, 0.717) is 6.04 Å². The van der Waals surface area contributed by atoms with Crippen molar-refractivity contribution >= 4 is 0 Å². The number of benzene rings is 1. The van der Waals surface area contributed by atoms with Gasteiger partial charge in [0, 0.05) is 31.2 Å². The van der Waals surface area contributed by atoms with Crippen LogP contribution in [0.5, 0.6) is 0 Å². The zero-order chi connectivity index (χ0) is 13.0. The number of hydrogen-bond donors (Lipinski definition) is 1. The van der Waals surface area contributed by atoms with Gasteiger partial charge in [-0.1, -0.05) is 43.7 Å². The summed E-state index contributed by atoms with van der Waals surface area (Å²) in [5.41, 5.74) is 1.73. The Labute approximate surface area is 111 Å². The fourth-order valence-electron chi connectivity index (χ4n) is 3.16. The third kappa shape index (κ3) is 2.93. The Morgan fingerprint density at radius 1 is 1.28 bits per heavy atom. The summed E-state index contributed by atoms with van der Waals surface area (Å²) in [5.74, 6) is 0. The van der Waals surface area contributed by atoms with E-state index in [1.54, 1.807) is 0 Å². The monoisotopic (exact) mass is 246 g/mol. The minimum absolute atomic E-state index is 0.289. The van der Waals surface area contributed by atoms with Crippen LogP contribution >= 0.6 is 0 Å². The van der Waals surface area contributed by atoms with Crippen LogP contribution in [0.2, 0.25) is 0 Å². The molecule has 100 valence electrons. The first-order valence-electron chi connectivity index (χ1n) is 7.17. The molecule has 1 fully saturated rings. The van der Waals surface area contributed by atoms with E-state index in [2.05, 4.69) is 61.3 Å². The summed E-state index contributed by atoms with van der Waals surface area (Å²) in [5, 5.41) is 3.54. The maximum atomic E-state index is 3.54. The molecular formula is C16H26N2. The lowest BCUT2D eigenvalue weighted by atomic mass is 9.91. The Morgan fingerprint density at radius 2 is 2.00 bits per heavy atom. The minimum Gasteiger partial charge on any atom is -0.314 e. The van der Waals surface area contributed by atoms with E-state index >= 15 is 0 Å². The lowest BCUT2D eigenvalue weighted by molar-refractivity contribution is 0.0418. The quantitative estimate of drug-likeness (QED) is 0.877. The van der Waals surface area contributed by atoms with Crippen LogP contribution in [0.25, 0.3) is 0 Å². The molecule has 0 aromatic heterocycles. The zero-order valence-electron chi connectivity index (χ0n) is 11.9. The van der Waals surface area contributed by atoms with Crippen LogP contribution in [-0.4, -0.2) is 30.1 Å². The average molecular weight is 246 g/mol. The van der Waals surface area contributed by atoms with Gasteiger partial charge < -0.3 is 5.32 Å². The van der Waals surface area contributed by atoms with E-state index in [1.165, 1.54) is 18.4 Å². The standard InChI is InChI=1S/C16H26N2/c1-4-10-16(2,3)18-12-11-17-13-15(18)14-8-6-5-7-9-14/h5-9,15,17H,4,10-13H2,1-3H3. The predicted octanol–water partition coefficient (Wildman–Crippen LogP) is 3.21. The number of nitrogens with one attached hydrogen (secondary N) is 1. The van der Waals surface area contributed by atoms with E-state index < -0.39 is 0 Å². The van der Waals surface area contributed by atoms with Gasteiger partial charge in [-0.05, 0) is 25.8 Å². The highest BCUT2D eigenvalue weighted by Gasteiger charge is 2.34. The van der Waals surface area contributed by atoms with Crippen LogP contribution in [-0.2, 0) is 0 Å². The van der Waals surface area contributed by atoms with Crippen molar-refractivity contribution in [3.63, 3.8) is 0 Å². The Bertz CT molecular complexity index is 359. The number of piperazine rings is 1. The molecule has 0 bridgehead atoms. The van der Waals surface area contributed by atoms with Crippen molar-refractivity contribution in [2.45, 2.75) is 45.2 Å². The van der Waals surface area contributed by atoms with E-state index in [0.717, 1.165) is 19.6 Å². The Hall–Kier alpha value is -0.860. The second kappa shape index (κ2) is 5.85. The Kier molecular flexibility index (Phi) is 4.41. The SMILES string of the molecule is CCCC(C)(C)N1CCNCC1c1ccccc1. The van der Waals surface area contributed by atoms with E-state index in [-0.39, 0.29) is 5.54 Å². The smallest absolute Gasteiger partial charge is 0.0478 e. The van der Waals surface area contributed by atoms with Gasteiger partial charge in [-0.15, -0.1) is 0 Å². The predicted molar refractivity (Wildman–Crippen MR) is 77.7 cm³/mol. The molecule has 0 spiro atoms. The molecule has 1 aliphatic rings. The van der Waals surface area contributed by atoms with E-state index in [1.807, 2.05) is 0 Å².